The molecule has 2 heterocycles. The zero-order valence-corrected chi connectivity index (χ0v) is 17.4. The summed E-state index contributed by atoms with van der Waals surface area (Å²) in [6, 6.07) is 20.0. The number of para-hydroxylation sites is 1. The highest BCUT2D eigenvalue weighted by Gasteiger charge is 2.10. The lowest BCUT2D eigenvalue weighted by atomic mass is 10.2. The van der Waals surface area contributed by atoms with Crippen LogP contribution < -0.4 is 5.32 Å². The molecule has 0 fully saturated rings. The van der Waals surface area contributed by atoms with Gasteiger partial charge in [-0.2, -0.15) is 5.10 Å². The second-order valence-corrected chi connectivity index (χ2v) is 7.74. The van der Waals surface area contributed by atoms with Gasteiger partial charge >= 0.3 is 0 Å². The first-order valence-electron chi connectivity index (χ1n) is 9.65. The third-order valence-electron chi connectivity index (χ3n) is 4.53. The Kier molecular flexibility index (Phi) is 6.24. The molecule has 4 aromatic rings. The Balaban J connectivity index is 1.25. The van der Waals surface area contributed by atoms with Crippen LogP contribution in [0.3, 0.4) is 0 Å². The highest BCUT2D eigenvalue weighted by molar-refractivity contribution is 7.99. The molecule has 152 valence electrons. The van der Waals surface area contributed by atoms with Crippen LogP contribution in [0.25, 0.3) is 11.4 Å². The van der Waals surface area contributed by atoms with Crippen molar-refractivity contribution in [3.8, 4) is 11.4 Å². The van der Waals surface area contributed by atoms with Crippen LogP contribution >= 0.6 is 11.8 Å². The second kappa shape index (κ2) is 9.41. The summed E-state index contributed by atoms with van der Waals surface area (Å²) in [5.74, 6) is 0.240. The number of hydrogen-bond acceptors (Lipinski definition) is 5. The molecular weight excluding hydrogens is 396 g/mol. The number of nitrogens with zero attached hydrogens (tertiary/aromatic N) is 5. The van der Waals surface area contributed by atoms with E-state index >= 15 is 0 Å². The molecule has 30 heavy (non-hydrogen) atoms. The van der Waals surface area contributed by atoms with Gasteiger partial charge in [0.15, 0.2) is 5.16 Å². The van der Waals surface area contributed by atoms with E-state index < -0.39 is 0 Å². The molecule has 1 N–H and O–H groups in total. The number of aromatic nitrogens is 5. The molecule has 0 radical (unpaired) electrons. The third kappa shape index (κ3) is 4.96. The van der Waals surface area contributed by atoms with Gasteiger partial charge in [0.2, 0.25) is 5.91 Å². The molecule has 0 spiro atoms. The van der Waals surface area contributed by atoms with Crippen LogP contribution in [0.2, 0.25) is 0 Å². The number of thioether (sulfide) groups is 1. The Bertz CT molecular complexity index is 1100. The molecule has 0 saturated heterocycles. The van der Waals surface area contributed by atoms with Gasteiger partial charge in [0, 0.05) is 24.8 Å². The molecule has 2 aromatic heterocycles. The summed E-state index contributed by atoms with van der Waals surface area (Å²) < 4.78 is 3.72. The Morgan fingerprint density at radius 2 is 1.83 bits per heavy atom. The van der Waals surface area contributed by atoms with E-state index in [9.17, 15) is 4.79 Å². The predicted molar refractivity (Wildman–Crippen MR) is 117 cm³/mol. The van der Waals surface area contributed by atoms with Crippen molar-refractivity contribution in [1.29, 1.82) is 0 Å². The molecular formula is C22H22N6OS. The Hall–Kier alpha value is -3.39. The molecule has 0 atom stereocenters. The lowest BCUT2D eigenvalue weighted by Gasteiger charge is -2.07. The van der Waals surface area contributed by atoms with Gasteiger partial charge in [-0.15, -0.1) is 10.2 Å². The van der Waals surface area contributed by atoms with Gasteiger partial charge in [0.05, 0.1) is 17.1 Å². The number of carbonyl (C=O) groups is 1. The standard InChI is InChI=1S/C22H22N6OS/c1-17-7-9-19(10-8-17)27-16-24-25-22(27)30-15-21(29)23-13-11-18-12-14-28(26-18)20-5-3-2-4-6-20/h2-10,12,14,16H,11,13,15H2,1H3,(H,23,29). The Labute approximate surface area is 179 Å². The summed E-state index contributed by atoms with van der Waals surface area (Å²) >= 11 is 1.37. The minimum atomic E-state index is -0.0408. The third-order valence-corrected chi connectivity index (χ3v) is 5.47. The smallest absolute Gasteiger partial charge is 0.230 e. The van der Waals surface area contributed by atoms with Crippen LogP contribution in [0.5, 0.6) is 0 Å². The number of benzene rings is 2. The molecule has 0 aliphatic heterocycles. The van der Waals surface area contributed by atoms with E-state index in [4.69, 9.17) is 0 Å². The van der Waals surface area contributed by atoms with Gasteiger partial charge in [0.1, 0.15) is 6.33 Å². The van der Waals surface area contributed by atoms with E-state index in [0.29, 0.717) is 18.1 Å². The largest absolute Gasteiger partial charge is 0.355 e. The number of amides is 1. The highest BCUT2D eigenvalue weighted by atomic mass is 32.2. The summed E-state index contributed by atoms with van der Waals surface area (Å²) in [6.07, 6.45) is 4.27. The van der Waals surface area contributed by atoms with Crippen molar-refractivity contribution < 1.29 is 4.79 Å². The molecule has 0 aliphatic rings. The van der Waals surface area contributed by atoms with Crippen LogP contribution in [0.4, 0.5) is 0 Å². The van der Waals surface area contributed by atoms with Gasteiger partial charge < -0.3 is 5.32 Å². The van der Waals surface area contributed by atoms with Crippen molar-refractivity contribution in [2.24, 2.45) is 0 Å². The first-order chi connectivity index (χ1) is 14.7. The van der Waals surface area contributed by atoms with Crippen molar-refractivity contribution in [2.75, 3.05) is 12.3 Å². The van der Waals surface area contributed by atoms with Gasteiger partial charge in [-0.3, -0.25) is 9.36 Å². The fraction of sp³-hybridized carbons (Fsp3) is 0.182. The maximum Gasteiger partial charge on any atom is 0.230 e. The van der Waals surface area contributed by atoms with Crippen molar-refractivity contribution in [3.05, 3.63) is 84.4 Å². The van der Waals surface area contributed by atoms with Crippen LogP contribution in [0.15, 0.2) is 78.3 Å². The van der Waals surface area contributed by atoms with Gasteiger partial charge in [0.25, 0.3) is 0 Å². The minimum absolute atomic E-state index is 0.0408. The lowest BCUT2D eigenvalue weighted by Crippen LogP contribution is -2.27. The summed E-state index contributed by atoms with van der Waals surface area (Å²) in [4.78, 5) is 12.2. The van der Waals surface area contributed by atoms with E-state index in [1.165, 1.54) is 17.3 Å². The van der Waals surface area contributed by atoms with Gasteiger partial charge in [-0.1, -0.05) is 47.7 Å². The fourth-order valence-electron chi connectivity index (χ4n) is 2.94. The molecule has 0 unspecified atom stereocenters. The number of rotatable bonds is 8. The topological polar surface area (TPSA) is 77.6 Å². The number of nitrogens with one attached hydrogen (secondary N) is 1. The van der Waals surface area contributed by atoms with Crippen molar-refractivity contribution >= 4 is 17.7 Å². The van der Waals surface area contributed by atoms with E-state index in [0.717, 1.165) is 17.1 Å². The average molecular weight is 419 g/mol. The summed E-state index contributed by atoms with van der Waals surface area (Å²) in [5.41, 5.74) is 4.12. The van der Waals surface area contributed by atoms with Crippen molar-refractivity contribution in [1.82, 2.24) is 29.9 Å². The average Bonchev–Trinajstić information content (AvgIpc) is 3.43. The molecule has 0 saturated carbocycles. The van der Waals surface area contributed by atoms with Crippen LogP contribution in [-0.4, -0.2) is 42.7 Å². The number of hydrogen-bond donors (Lipinski definition) is 1. The SMILES string of the molecule is Cc1ccc(-n2cnnc2SCC(=O)NCCc2ccn(-c3ccccc3)n2)cc1. The van der Waals surface area contributed by atoms with E-state index in [1.807, 2.05) is 83.0 Å². The maximum atomic E-state index is 12.2. The predicted octanol–water partition coefficient (Wildman–Crippen LogP) is 3.21. The molecule has 1 amide bonds. The zero-order chi connectivity index (χ0) is 20.8. The minimum Gasteiger partial charge on any atom is -0.355 e. The van der Waals surface area contributed by atoms with E-state index in [2.05, 4.69) is 20.6 Å². The lowest BCUT2D eigenvalue weighted by molar-refractivity contribution is -0.118. The molecule has 0 bridgehead atoms. The van der Waals surface area contributed by atoms with Crippen LogP contribution in [0.1, 0.15) is 11.3 Å². The molecule has 7 nitrogen and oxygen atoms in total. The monoisotopic (exact) mass is 418 g/mol. The van der Waals surface area contributed by atoms with E-state index in [1.54, 1.807) is 6.33 Å². The van der Waals surface area contributed by atoms with Gasteiger partial charge in [-0.05, 0) is 37.3 Å². The summed E-state index contributed by atoms with van der Waals surface area (Å²) in [5, 5.41) is 16.3. The first kappa shape index (κ1) is 19.9. The highest BCUT2D eigenvalue weighted by Crippen LogP contribution is 2.19. The number of aryl methyl sites for hydroxylation is 1. The number of carbonyl (C=O) groups excluding carboxylic acids is 1. The van der Waals surface area contributed by atoms with Crippen molar-refractivity contribution in [2.45, 2.75) is 18.5 Å². The Morgan fingerprint density at radius 1 is 1.03 bits per heavy atom. The van der Waals surface area contributed by atoms with E-state index in [-0.39, 0.29) is 11.7 Å². The second-order valence-electron chi connectivity index (χ2n) is 6.79. The summed E-state index contributed by atoms with van der Waals surface area (Å²) in [7, 11) is 0. The summed E-state index contributed by atoms with van der Waals surface area (Å²) in [6.45, 7) is 2.58. The molecule has 0 aliphatic carbocycles. The quantitative estimate of drug-likeness (QED) is 0.445. The zero-order valence-electron chi connectivity index (χ0n) is 16.6. The van der Waals surface area contributed by atoms with Gasteiger partial charge in [-0.25, -0.2) is 4.68 Å². The first-order valence-corrected chi connectivity index (χ1v) is 10.6. The molecule has 2 aromatic carbocycles. The molecule has 4 rings (SSSR count). The Morgan fingerprint density at radius 3 is 2.63 bits per heavy atom. The van der Waals surface area contributed by atoms with Crippen LogP contribution in [-0.2, 0) is 11.2 Å². The maximum absolute atomic E-state index is 12.2. The van der Waals surface area contributed by atoms with Crippen molar-refractivity contribution in [3.63, 3.8) is 0 Å². The fourth-order valence-corrected chi connectivity index (χ4v) is 3.69. The normalized spacial score (nSPS) is 10.8. The van der Waals surface area contributed by atoms with Crippen LogP contribution in [0, 0.1) is 6.92 Å². The molecule has 8 heteroatoms.